The fourth-order valence-corrected chi connectivity index (χ4v) is 1.65. The Balaban J connectivity index is 2.70. The number of carbonyl (C=O) groups is 2. The first-order valence-corrected chi connectivity index (χ1v) is 4.79. The fourth-order valence-electron chi connectivity index (χ4n) is 1.26. The maximum Gasteiger partial charge on any atom is 0.335 e. The number of nitriles is 1. The summed E-state index contributed by atoms with van der Waals surface area (Å²) in [6.45, 7) is 0. The summed E-state index contributed by atoms with van der Waals surface area (Å²) in [7, 11) is 0. The van der Waals surface area contributed by atoms with Gasteiger partial charge in [-0.1, -0.05) is 23.2 Å². The smallest absolute Gasteiger partial charge is 0.316 e. The number of nitrogens with one attached hydrogen (secondary N) is 1. The first-order chi connectivity index (χ1) is 7.54. The van der Waals surface area contributed by atoms with Crippen molar-refractivity contribution < 1.29 is 9.59 Å². The van der Waals surface area contributed by atoms with Crippen molar-refractivity contribution in [2.75, 3.05) is 5.32 Å². The molecule has 0 spiro atoms. The number of rotatable bonds is 0. The van der Waals surface area contributed by atoms with Gasteiger partial charge in [0, 0.05) is 0 Å². The monoisotopic (exact) mass is 254 g/mol. The molecule has 0 aliphatic carbocycles. The molecule has 0 saturated heterocycles. The predicted octanol–water partition coefficient (Wildman–Crippen LogP) is 1.58. The Labute approximate surface area is 99.9 Å². The van der Waals surface area contributed by atoms with Crippen LogP contribution in [-0.2, 0) is 9.59 Å². The van der Waals surface area contributed by atoms with Gasteiger partial charge in [-0.25, -0.2) is 5.32 Å². The Kier molecular flexibility index (Phi) is 2.46. The van der Waals surface area contributed by atoms with Gasteiger partial charge in [-0.3, -0.25) is 9.59 Å². The van der Waals surface area contributed by atoms with E-state index in [1.807, 2.05) is 0 Å². The number of hydrogen-bond donors (Lipinski definition) is 1. The molecule has 0 fully saturated rings. The number of halogens is 2. The highest BCUT2D eigenvalue weighted by atomic mass is 35.5. The van der Waals surface area contributed by atoms with Crippen LogP contribution in [0, 0.1) is 11.3 Å². The first-order valence-electron chi connectivity index (χ1n) is 4.03. The molecule has 0 bridgehead atoms. The van der Waals surface area contributed by atoms with Crippen LogP contribution in [0.1, 0.15) is 5.56 Å². The van der Waals surface area contributed by atoms with Crippen LogP contribution in [0.15, 0.2) is 6.07 Å². The van der Waals surface area contributed by atoms with Gasteiger partial charge in [0.1, 0.15) is 17.3 Å². The second kappa shape index (κ2) is 3.67. The summed E-state index contributed by atoms with van der Waals surface area (Å²) in [5.74, 6) is -1.84. The van der Waals surface area contributed by atoms with Gasteiger partial charge in [0.15, 0.2) is 0 Å². The van der Waals surface area contributed by atoms with E-state index >= 15 is 0 Å². The van der Waals surface area contributed by atoms with Gasteiger partial charge in [-0.05, 0) is 6.07 Å². The number of amides is 2. The maximum absolute atomic E-state index is 11.1. The van der Waals surface area contributed by atoms with E-state index < -0.39 is 11.8 Å². The summed E-state index contributed by atoms with van der Waals surface area (Å²) in [6, 6.07) is 3.13. The fraction of sp³-hybridized carbons (Fsp3) is 0. The molecule has 2 rings (SSSR count). The molecule has 1 aromatic rings. The normalized spacial score (nSPS) is 13.6. The van der Waals surface area contributed by atoms with Crippen LogP contribution in [0.3, 0.4) is 0 Å². The second-order valence-corrected chi connectivity index (χ2v) is 3.71. The average Bonchev–Trinajstić information content (AvgIpc) is 2.24. The molecule has 1 aliphatic heterocycles. The lowest BCUT2D eigenvalue weighted by Crippen LogP contribution is -2.33. The topological polar surface area (TPSA) is 84.1 Å². The van der Waals surface area contributed by atoms with Gasteiger partial charge in [0.05, 0.1) is 15.7 Å². The van der Waals surface area contributed by atoms with Crippen molar-refractivity contribution >= 4 is 46.4 Å². The number of benzene rings is 1. The van der Waals surface area contributed by atoms with E-state index in [2.05, 4.69) is 10.6 Å². The quantitative estimate of drug-likeness (QED) is 0.714. The highest BCUT2D eigenvalue weighted by Gasteiger charge is 2.29. The van der Waals surface area contributed by atoms with Crippen LogP contribution >= 0.6 is 23.2 Å². The third-order valence-electron chi connectivity index (χ3n) is 1.96. The maximum atomic E-state index is 11.1. The van der Waals surface area contributed by atoms with Crippen LogP contribution < -0.4 is 10.6 Å². The molecule has 2 amide bonds. The van der Waals surface area contributed by atoms with Gasteiger partial charge in [-0.2, -0.15) is 5.26 Å². The van der Waals surface area contributed by atoms with E-state index in [0.717, 1.165) is 0 Å². The van der Waals surface area contributed by atoms with E-state index in [1.165, 1.54) is 6.07 Å². The molecule has 16 heavy (non-hydrogen) atoms. The molecule has 1 radical (unpaired) electrons. The first kappa shape index (κ1) is 10.7. The molecular formula is C9H2Cl2N3O2. The van der Waals surface area contributed by atoms with E-state index in [4.69, 9.17) is 28.5 Å². The third kappa shape index (κ3) is 1.48. The SMILES string of the molecule is N#Cc1c(Cl)c(Cl)cc2c1[N]C(=O)C(=O)N2. The molecule has 5 nitrogen and oxygen atoms in total. The number of nitrogens with zero attached hydrogens (tertiary/aromatic N) is 2. The van der Waals surface area contributed by atoms with Crippen molar-refractivity contribution in [3.8, 4) is 6.07 Å². The molecule has 1 N–H and O–H groups in total. The summed E-state index contributed by atoms with van der Waals surface area (Å²) < 4.78 is 0. The number of carbonyl (C=O) groups excluding carboxylic acids is 2. The zero-order valence-corrected chi connectivity index (χ0v) is 9.06. The van der Waals surface area contributed by atoms with Crippen molar-refractivity contribution in [3.63, 3.8) is 0 Å². The van der Waals surface area contributed by atoms with Gasteiger partial charge in [0.25, 0.3) is 0 Å². The number of fused-ring (bicyclic) bond motifs is 1. The minimum absolute atomic E-state index is 0.00983. The van der Waals surface area contributed by atoms with Crippen molar-refractivity contribution in [1.29, 1.82) is 5.26 Å². The summed E-state index contributed by atoms with van der Waals surface area (Å²) in [5, 5.41) is 14.8. The van der Waals surface area contributed by atoms with Crippen LogP contribution in [0.4, 0.5) is 11.4 Å². The highest BCUT2D eigenvalue weighted by Crippen LogP contribution is 2.38. The second-order valence-electron chi connectivity index (χ2n) is 2.93. The van der Waals surface area contributed by atoms with Gasteiger partial charge < -0.3 is 5.32 Å². The standard InChI is InChI=1S/C9H2Cl2N3O2/c10-4-1-5-7(3(2-12)6(4)11)14-9(16)8(15)13-5/h1H,(H,13,15). The minimum Gasteiger partial charge on any atom is -0.316 e. The molecule has 0 unspecified atom stereocenters. The predicted molar refractivity (Wildman–Crippen MR) is 56.6 cm³/mol. The summed E-state index contributed by atoms with van der Waals surface area (Å²) in [4.78, 5) is 22.1. The molecule has 1 aromatic carbocycles. The third-order valence-corrected chi connectivity index (χ3v) is 2.75. The molecule has 1 aliphatic rings. The Morgan fingerprint density at radius 3 is 2.69 bits per heavy atom. The van der Waals surface area contributed by atoms with Crippen LogP contribution in [-0.4, -0.2) is 11.8 Å². The summed E-state index contributed by atoms with van der Waals surface area (Å²) >= 11 is 11.5. The lowest BCUT2D eigenvalue weighted by atomic mass is 10.1. The van der Waals surface area contributed by atoms with Crippen LogP contribution in [0.2, 0.25) is 10.0 Å². The van der Waals surface area contributed by atoms with E-state index in [1.54, 1.807) is 6.07 Å². The van der Waals surface area contributed by atoms with Crippen molar-refractivity contribution in [3.05, 3.63) is 21.7 Å². The minimum atomic E-state index is -0.970. The largest absolute Gasteiger partial charge is 0.335 e. The summed E-state index contributed by atoms with van der Waals surface area (Å²) in [6.07, 6.45) is 0. The number of anilines is 1. The lowest BCUT2D eigenvalue weighted by Gasteiger charge is -2.17. The van der Waals surface area contributed by atoms with Gasteiger partial charge >= 0.3 is 11.8 Å². The molecule has 79 valence electrons. The van der Waals surface area contributed by atoms with Crippen molar-refractivity contribution in [2.45, 2.75) is 0 Å². The summed E-state index contributed by atoms with van der Waals surface area (Å²) in [5.41, 5.74) is 0.217. The Morgan fingerprint density at radius 1 is 1.38 bits per heavy atom. The average molecular weight is 255 g/mol. The molecule has 1 heterocycles. The molecular weight excluding hydrogens is 253 g/mol. The Bertz CT molecular complexity index is 563. The van der Waals surface area contributed by atoms with Crippen LogP contribution in [0.25, 0.3) is 0 Å². The lowest BCUT2D eigenvalue weighted by molar-refractivity contribution is -0.135. The number of hydrogen-bond acceptors (Lipinski definition) is 3. The molecule has 0 saturated carbocycles. The molecule has 7 heteroatoms. The van der Waals surface area contributed by atoms with Gasteiger partial charge in [0.2, 0.25) is 0 Å². The zero-order chi connectivity index (χ0) is 11.9. The van der Waals surface area contributed by atoms with Crippen molar-refractivity contribution in [2.24, 2.45) is 0 Å². The van der Waals surface area contributed by atoms with E-state index in [0.29, 0.717) is 0 Å². The Morgan fingerprint density at radius 2 is 2.06 bits per heavy atom. The molecule has 0 aromatic heterocycles. The van der Waals surface area contributed by atoms with Crippen LogP contribution in [0.5, 0.6) is 0 Å². The van der Waals surface area contributed by atoms with Gasteiger partial charge in [-0.15, -0.1) is 0 Å². The van der Waals surface area contributed by atoms with E-state index in [9.17, 15) is 9.59 Å². The zero-order valence-electron chi connectivity index (χ0n) is 7.54. The molecule has 0 atom stereocenters. The van der Waals surface area contributed by atoms with E-state index in [-0.39, 0.29) is 27.0 Å². The Hall–Kier alpha value is -1.77. The van der Waals surface area contributed by atoms with Crippen molar-refractivity contribution in [1.82, 2.24) is 5.32 Å². The highest BCUT2D eigenvalue weighted by molar-refractivity contribution is 6.46.